The highest BCUT2D eigenvalue weighted by Gasteiger charge is 2.46. The van der Waals surface area contributed by atoms with Gasteiger partial charge >= 0.3 is 5.97 Å². The first-order valence-corrected chi connectivity index (χ1v) is 7.80. The summed E-state index contributed by atoms with van der Waals surface area (Å²) in [5.74, 6) is -1.06. The van der Waals surface area contributed by atoms with Crippen LogP contribution < -0.4 is 0 Å². The zero-order chi connectivity index (χ0) is 15.7. The first-order valence-electron chi connectivity index (χ1n) is 7.80. The predicted molar refractivity (Wildman–Crippen MR) is 78.6 cm³/mol. The highest BCUT2D eigenvalue weighted by Crippen LogP contribution is 2.44. The molecule has 2 aliphatic rings. The van der Waals surface area contributed by atoms with Crippen LogP contribution in [0.15, 0.2) is 24.3 Å². The van der Waals surface area contributed by atoms with E-state index in [0.29, 0.717) is 31.0 Å². The summed E-state index contributed by atoms with van der Waals surface area (Å²) >= 11 is 0. The molecular formula is C17H20FNO3. The number of halogens is 1. The van der Waals surface area contributed by atoms with Gasteiger partial charge in [-0.2, -0.15) is 0 Å². The largest absolute Gasteiger partial charge is 0.481 e. The van der Waals surface area contributed by atoms with Gasteiger partial charge in [0.1, 0.15) is 5.82 Å². The minimum Gasteiger partial charge on any atom is -0.481 e. The van der Waals surface area contributed by atoms with Gasteiger partial charge in [0.2, 0.25) is 5.91 Å². The molecule has 3 rings (SSSR count). The summed E-state index contributed by atoms with van der Waals surface area (Å²) in [6.45, 7) is 0.838. The number of hydrogen-bond donors (Lipinski definition) is 1. The molecular weight excluding hydrogens is 285 g/mol. The van der Waals surface area contributed by atoms with E-state index in [0.717, 1.165) is 12.8 Å². The molecule has 1 aliphatic heterocycles. The van der Waals surface area contributed by atoms with Crippen molar-refractivity contribution < 1.29 is 19.1 Å². The fraction of sp³-hybridized carbons (Fsp3) is 0.529. The lowest BCUT2D eigenvalue weighted by atomic mass is 9.92. The van der Waals surface area contributed by atoms with Crippen LogP contribution in [0.5, 0.6) is 0 Å². The van der Waals surface area contributed by atoms with Gasteiger partial charge in [-0.05, 0) is 42.7 Å². The molecule has 1 amide bonds. The van der Waals surface area contributed by atoms with Crippen molar-refractivity contribution in [3.8, 4) is 0 Å². The number of carboxylic acid groups (broad SMARTS) is 1. The number of carboxylic acids is 1. The molecule has 0 bridgehead atoms. The van der Waals surface area contributed by atoms with Crippen molar-refractivity contribution in [2.45, 2.75) is 25.7 Å². The van der Waals surface area contributed by atoms with Crippen LogP contribution in [-0.4, -0.2) is 35.0 Å². The molecule has 5 heteroatoms. The molecule has 22 heavy (non-hydrogen) atoms. The van der Waals surface area contributed by atoms with Gasteiger partial charge in [-0.1, -0.05) is 18.2 Å². The highest BCUT2D eigenvalue weighted by atomic mass is 19.1. The molecule has 0 aromatic heterocycles. The summed E-state index contributed by atoms with van der Waals surface area (Å²) in [6, 6.07) is 6.44. The monoisotopic (exact) mass is 305 g/mol. The van der Waals surface area contributed by atoms with Crippen LogP contribution >= 0.6 is 0 Å². The second-order valence-electron chi connectivity index (χ2n) is 6.34. The Morgan fingerprint density at radius 2 is 1.95 bits per heavy atom. The Balaban J connectivity index is 1.59. The summed E-state index contributed by atoms with van der Waals surface area (Å²) in [6.07, 6.45) is 2.73. The second kappa shape index (κ2) is 6.07. The molecule has 1 aromatic carbocycles. The van der Waals surface area contributed by atoms with E-state index >= 15 is 0 Å². The Morgan fingerprint density at radius 3 is 2.59 bits per heavy atom. The molecule has 0 spiro atoms. The van der Waals surface area contributed by atoms with Crippen LogP contribution in [-0.2, 0) is 16.0 Å². The lowest BCUT2D eigenvalue weighted by Crippen LogP contribution is -2.30. The van der Waals surface area contributed by atoms with E-state index in [4.69, 9.17) is 0 Å². The molecule has 1 saturated heterocycles. The smallest absolute Gasteiger partial charge is 0.308 e. The van der Waals surface area contributed by atoms with Gasteiger partial charge in [-0.3, -0.25) is 9.59 Å². The van der Waals surface area contributed by atoms with Crippen molar-refractivity contribution in [1.82, 2.24) is 4.90 Å². The minimum absolute atomic E-state index is 0.0716. The van der Waals surface area contributed by atoms with Crippen LogP contribution in [0, 0.1) is 23.6 Å². The van der Waals surface area contributed by atoms with E-state index in [-0.39, 0.29) is 24.1 Å². The summed E-state index contributed by atoms with van der Waals surface area (Å²) in [5, 5.41) is 9.32. The molecule has 1 N–H and O–H groups in total. The lowest BCUT2D eigenvalue weighted by molar-refractivity contribution is -0.142. The first kappa shape index (κ1) is 15.0. The van der Waals surface area contributed by atoms with Crippen molar-refractivity contribution in [2.75, 3.05) is 13.1 Å². The SMILES string of the molecule is O=C(O)[C@@H]1CN(C(=O)CCc2ccccc2F)C[C@H]1C1CC1. The number of amides is 1. The number of benzene rings is 1. The number of carbonyl (C=O) groups is 2. The van der Waals surface area contributed by atoms with Gasteiger partial charge in [0.15, 0.2) is 0 Å². The van der Waals surface area contributed by atoms with E-state index in [1.54, 1.807) is 23.1 Å². The summed E-state index contributed by atoms with van der Waals surface area (Å²) in [5.41, 5.74) is 0.531. The predicted octanol–water partition coefficient (Wildman–Crippen LogP) is 2.33. The Labute approximate surface area is 128 Å². The maximum Gasteiger partial charge on any atom is 0.308 e. The van der Waals surface area contributed by atoms with Crippen LogP contribution in [0.2, 0.25) is 0 Å². The average molecular weight is 305 g/mol. The van der Waals surface area contributed by atoms with E-state index in [1.807, 2.05) is 0 Å². The fourth-order valence-corrected chi connectivity index (χ4v) is 3.40. The second-order valence-corrected chi connectivity index (χ2v) is 6.34. The van der Waals surface area contributed by atoms with Crippen LogP contribution in [0.4, 0.5) is 4.39 Å². The van der Waals surface area contributed by atoms with Gasteiger partial charge in [0, 0.05) is 19.5 Å². The van der Waals surface area contributed by atoms with E-state index in [1.165, 1.54) is 6.07 Å². The fourth-order valence-electron chi connectivity index (χ4n) is 3.40. The highest BCUT2D eigenvalue weighted by molar-refractivity contribution is 5.79. The number of carbonyl (C=O) groups excluding carboxylic acids is 1. The lowest BCUT2D eigenvalue weighted by Gasteiger charge is -2.16. The molecule has 2 fully saturated rings. The zero-order valence-corrected chi connectivity index (χ0v) is 12.4. The van der Waals surface area contributed by atoms with Gasteiger partial charge in [0.25, 0.3) is 0 Å². The molecule has 2 atom stereocenters. The third kappa shape index (κ3) is 3.13. The maximum absolute atomic E-state index is 13.6. The van der Waals surface area contributed by atoms with E-state index < -0.39 is 11.9 Å². The summed E-state index contributed by atoms with van der Waals surface area (Å²) in [4.78, 5) is 25.3. The molecule has 1 aliphatic carbocycles. The molecule has 1 heterocycles. The summed E-state index contributed by atoms with van der Waals surface area (Å²) in [7, 11) is 0. The molecule has 4 nitrogen and oxygen atoms in total. The van der Waals surface area contributed by atoms with Crippen molar-refractivity contribution in [3.05, 3.63) is 35.6 Å². The standard InChI is InChI=1S/C17H20FNO3/c18-15-4-2-1-3-12(15)7-8-16(20)19-9-13(11-5-6-11)14(10-19)17(21)22/h1-4,11,13-14H,5-10H2,(H,21,22)/t13-,14+/m0/s1. The van der Waals surface area contributed by atoms with Crippen molar-refractivity contribution >= 4 is 11.9 Å². The Morgan fingerprint density at radius 1 is 1.23 bits per heavy atom. The number of aliphatic carboxylic acids is 1. The quantitative estimate of drug-likeness (QED) is 0.908. The van der Waals surface area contributed by atoms with Gasteiger partial charge in [-0.15, -0.1) is 0 Å². The Bertz CT molecular complexity index is 585. The van der Waals surface area contributed by atoms with Gasteiger partial charge in [-0.25, -0.2) is 4.39 Å². The van der Waals surface area contributed by atoms with E-state index in [9.17, 15) is 19.1 Å². The molecule has 118 valence electrons. The maximum atomic E-state index is 13.6. The number of hydrogen-bond acceptors (Lipinski definition) is 2. The topological polar surface area (TPSA) is 57.6 Å². The zero-order valence-electron chi connectivity index (χ0n) is 12.4. The number of nitrogens with zero attached hydrogens (tertiary/aromatic N) is 1. The minimum atomic E-state index is -0.804. The van der Waals surface area contributed by atoms with Crippen molar-refractivity contribution in [2.24, 2.45) is 17.8 Å². The van der Waals surface area contributed by atoms with Gasteiger partial charge < -0.3 is 10.0 Å². The Kier molecular flexibility index (Phi) is 4.14. The average Bonchev–Trinajstić information content (AvgIpc) is 3.24. The van der Waals surface area contributed by atoms with Crippen molar-refractivity contribution in [3.63, 3.8) is 0 Å². The van der Waals surface area contributed by atoms with Crippen LogP contribution in [0.1, 0.15) is 24.8 Å². The van der Waals surface area contributed by atoms with Crippen LogP contribution in [0.3, 0.4) is 0 Å². The number of likely N-dealkylation sites (tertiary alicyclic amines) is 1. The third-order valence-corrected chi connectivity index (χ3v) is 4.83. The molecule has 0 unspecified atom stereocenters. The number of rotatable bonds is 5. The first-order chi connectivity index (χ1) is 10.6. The van der Waals surface area contributed by atoms with E-state index in [2.05, 4.69) is 0 Å². The normalized spacial score (nSPS) is 24.5. The van der Waals surface area contributed by atoms with Crippen LogP contribution in [0.25, 0.3) is 0 Å². The Hall–Kier alpha value is -1.91. The molecule has 0 radical (unpaired) electrons. The summed E-state index contributed by atoms with van der Waals surface area (Å²) < 4.78 is 13.6. The molecule has 1 saturated carbocycles. The third-order valence-electron chi connectivity index (χ3n) is 4.83. The van der Waals surface area contributed by atoms with Gasteiger partial charge in [0.05, 0.1) is 5.92 Å². The molecule has 1 aromatic rings. The number of aryl methyl sites for hydroxylation is 1. The van der Waals surface area contributed by atoms with Crippen molar-refractivity contribution in [1.29, 1.82) is 0 Å².